The second-order valence-electron chi connectivity index (χ2n) is 10.1. The molecule has 1 atom stereocenters. The maximum absolute atomic E-state index is 12.4. The van der Waals surface area contributed by atoms with E-state index in [9.17, 15) is 4.79 Å². The maximum Gasteiger partial charge on any atom is 0.220 e. The number of pyridine rings is 1. The van der Waals surface area contributed by atoms with Crippen molar-refractivity contribution in [3.8, 4) is 0 Å². The Hall–Kier alpha value is -2.98. The number of hydrogen-bond donors (Lipinski definition) is 1. The van der Waals surface area contributed by atoms with E-state index in [4.69, 9.17) is 0 Å². The Morgan fingerprint density at radius 2 is 1.56 bits per heavy atom. The van der Waals surface area contributed by atoms with Gasteiger partial charge in [-0.2, -0.15) is 0 Å². The van der Waals surface area contributed by atoms with Gasteiger partial charge in [0.2, 0.25) is 5.91 Å². The minimum atomic E-state index is 0.159. The van der Waals surface area contributed by atoms with Crippen LogP contribution < -0.4 is 5.32 Å². The number of amides is 1. The summed E-state index contributed by atoms with van der Waals surface area (Å²) in [5, 5.41) is 3.15. The van der Waals surface area contributed by atoms with Crippen LogP contribution in [0.2, 0.25) is 0 Å². The quantitative estimate of drug-likeness (QED) is 0.290. The van der Waals surface area contributed by atoms with Crippen molar-refractivity contribution in [2.45, 2.75) is 63.8 Å². The molecule has 0 radical (unpaired) electrons. The summed E-state index contributed by atoms with van der Waals surface area (Å²) < 4.78 is 0. The van der Waals surface area contributed by atoms with E-state index in [0.717, 1.165) is 44.0 Å². The molecule has 36 heavy (non-hydrogen) atoms. The molecule has 0 saturated carbocycles. The first-order chi connectivity index (χ1) is 17.7. The summed E-state index contributed by atoms with van der Waals surface area (Å²) in [5.74, 6) is 1.20. The van der Waals surface area contributed by atoms with Gasteiger partial charge in [0, 0.05) is 25.4 Å². The Morgan fingerprint density at radius 3 is 2.14 bits per heavy atom. The normalized spacial score (nSPS) is 15.6. The molecular weight excluding hydrogens is 442 g/mol. The van der Waals surface area contributed by atoms with Crippen molar-refractivity contribution < 1.29 is 4.79 Å². The standard InChI is InChI=1S/C32H41N3O/c1-2-27(30-17-11-20-33-25-30)24-31(36)34-21-10-9-12-26-18-22-35(23-19-26)32(28-13-5-3-6-14-28)29-15-7-4-8-16-29/h3-8,11,13-17,20,25-27,32H,2,9-10,12,18-19,21-24H2,1H3,(H,34,36). The lowest BCUT2D eigenvalue weighted by Gasteiger charge is -2.38. The van der Waals surface area contributed by atoms with Crippen LogP contribution in [0.3, 0.4) is 0 Å². The molecule has 4 heteroatoms. The number of rotatable bonds is 12. The molecule has 1 saturated heterocycles. The summed E-state index contributed by atoms with van der Waals surface area (Å²) in [7, 11) is 0. The monoisotopic (exact) mass is 483 g/mol. The van der Waals surface area contributed by atoms with E-state index in [1.165, 1.54) is 36.8 Å². The summed E-state index contributed by atoms with van der Waals surface area (Å²) >= 11 is 0. The summed E-state index contributed by atoms with van der Waals surface area (Å²) in [5.41, 5.74) is 3.92. The number of benzene rings is 2. The van der Waals surface area contributed by atoms with Crippen LogP contribution in [0.5, 0.6) is 0 Å². The van der Waals surface area contributed by atoms with Crippen LogP contribution in [0.1, 0.15) is 80.5 Å². The molecule has 1 amide bonds. The largest absolute Gasteiger partial charge is 0.356 e. The zero-order chi connectivity index (χ0) is 25.0. The van der Waals surface area contributed by atoms with Crippen LogP contribution >= 0.6 is 0 Å². The molecule has 2 heterocycles. The van der Waals surface area contributed by atoms with E-state index in [2.05, 4.69) is 88.9 Å². The van der Waals surface area contributed by atoms with Crippen molar-refractivity contribution in [3.05, 3.63) is 102 Å². The molecule has 4 rings (SSSR count). The number of nitrogens with one attached hydrogen (secondary N) is 1. The van der Waals surface area contributed by atoms with Crippen molar-refractivity contribution in [1.82, 2.24) is 15.2 Å². The van der Waals surface area contributed by atoms with Gasteiger partial charge in [0.15, 0.2) is 0 Å². The van der Waals surface area contributed by atoms with Crippen LogP contribution in [0.4, 0.5) is 0 Å². The molecule has 0 aliphatic carbocycles. The molecule has 1 unspecified atom stereocenters. The van der Waals surface area contributed by atoms with Gasteiger partial charge < -0.3 is 5.32 Å². The summed E-state index contributed by atoms with van der Waals surface area (Å²) in [6, 6.07) is 26.2. The molecule has 4 nitrogen and oxygen atoms in total. The second kappa shape index (κ2) is 13.9. The van der Waals surface area contributed by atoms with Crippen molar-refractivity contribution in [1.29, 1.82) is 0 Å². The van der Waals surface area contributed by atoms with Gasteiger partial charge in [0.25, 0.3) is 0 Å². The number of likely N-dealkylation sites (tertiary alicyclic amines) is 1. The van der Waals surface area contributed by atoms with E-state index in [1.807, 2.05) is 12.3 Å². The van der Waals surface area contributed by atoms with Gasteiger partial charge in [-0.25, -0.2) is 0 Å². The summed E-state index contributed by atoms with van der Waals surface area (Å²) in [6.07, 6.45) is 11.2. The van der Waals surface area contributed by atoms with Crippen molar-refractivity contribution in [2.75, 3.05) is 19.6 Å². The number of hydrogen-bond acceptors (Lipinski definition) is 3. The number of aromatic nitrogens is 1. The second-order valence-corrected chi connectivity index (χ2v) is 10.1. The molecule has 1 aliphatic heterocycles. The highest BCUT2D eigenvalue weighted by Crippen LogP contribution is 2.33. The maximum atomic E-state index is 12.4. The molecule has 2 aromatic carbocycles. The van der Waals surface area contributed by atoms with E-state index in [0.29, 0.717) is 12.5 Å². The Balaban J connectivity index is 1.17. The number of piperidine rings is 1. The van der Waals surface area contributed by atoms with Crippen molar-refractivity contribution >= 4 is 5.91 Å². The van der Waals surface area contributed by atoms with Crippen molar-refractivity contribution in [3.63, 3.8) is 0 Å². The average Bonchev–Trinajstić information content (AvgIpc) is 2.94. The van der Waals surface area contributed by atoms with Gasteiger partial charge in [-0.15, -0.1) is 0 Å². The number of carbonyl (C=O) groups excluding carboxylic acids is 1. The molecule has 3 aromatic rings. The fourth-order valence-corrected chi connectivity index (χ4v) is 5.58. The first-order valence-electron chi connectivity index (χ1n) is 13.7. The third kappa shape index (κ3) is 7.51. The van der Waals surface area contributed by atoms with E-state index in [1.54, 1.807) is 6.20 Å². The molecule has 1 aliphatic rings. The molecule has 1 N–H and O–H groups in total. The van der Waals surface area contributed by atoms with Gasteiger partial charge >= 0.3 is 0 Å². The van der Waals surface area contributed by atoms with Crippen molar-refractivity contribution in [2.24, 2.45) is 5.92 Å². The van der Waals surface area contributed by atoms with Crippen LogP contribution in [-0.2, 0) is 4.79 Å². The minimum absolute atomic E-state index is 0.159. The lowest BCUT2D eigenvalue weighted by Crippen LogP contribution is -2.37. The molecule has 1 fully saturated rings. The summed E-state index contributed by atoms with van der Waals surface area (Å²) in [4.78, 5) is 19.3. The van der Waals surface area contributed by atoms with Gasteiger partial charge in [0.1, 0.15) is 0 Å². The Labute approximate surface area is 217 Å². The molecule has 1 aromatic heterocycles. The highest BCUT2D eigenvalue weighted by atomic mass is 16.1. The van der Waals surface area contributed by atoms with E-state index in [-0.39, 0.29) is 11.8 Å². The van der Waals surface area contributed by atoms with Gasteiger partial charge in [-0.05, 0) is 73.4 Å². The third-order valence-corrected chi connectivity index (χ3v) is 7.69. The zero-order valence-electron chi connectivity index (χ0n) is 21.7. The van der Waals surface area contributed by atoms with E-state index >= 15 is 0 Å². The fraction of sp³-hybridized carbons (Fsp3) is 0.438. The fourth-order valence-electron chi connectivity index (χ4n) is 5.58. The van der Waals surface area contributed by atoms with E-state index < -0.39 is 0 Å². The zero-order valence-corrected chi connectivity index (χ0v) is 21.7. The predicted octanol–water partition coefficient (Wildman–Crippen LogP) is 6.75. The van der Waals surface area contributed by atoms with Crippen LogP contribution in [0.15, 0.2) is 85.2 Å². The third-order valence-electron chi connectivity index (χ3n) is 7.69. The number of carbonyl (C=O) groups is 1. The molecule has 0 bridgehead atoms. The highest BCUT2D eigenvalue weighted by Gasteiger charge is 2.27. The first-order valence-corrected chi connectivity index (χ1v) is 13.7. The lowest BCUT2D eigenvalue weighted by atomic mass is 9.88. The smallest absolute Gasteiger partial charge is 0.220 e. The van der Waals surface area contributed by atoms with Crippen LogP contribution in [-0.4, -0.2) is 35.4 Å². The first kappa shape index (κ1) is 26.1. The topological polar surface area (TPSA) is 45.2 Å². The Morgan fingerprint density at radius 1 is 0.917 bits per heavy atom. The van der Waals surface area contributed by atoms with Crippen LogP contribution in [0, 0.1) is 5.92 Å². The Bertz CT molecular complexity index is 978. The minimum Gasteiger partial charge on any atom is -0.356 e. The highest BCUT2D eigenvalue weighted by molar-refractivity contribution is 5.76. The molecule has 0 spiro atoms. The summed E-state index contributed by atoms with van der Waals surface area (Å²) in [6.45, 7) is 5.20. The SMILES string of the molecule is CCC(CC(=O)NCCCCC1CCN(C(c2ccccc2)c2ccccc2)CC1)c1cccnc1. The lowest BCUT2D eigenvalue weighted by molar-refractivity contribution is -0.121. The van der Waals surface area contributed by atoms with Gasteiger partial charge in [0.05, 0.1) is 6.04 Å². The van der Waals surface area contributed by atoms with Gasteiger partial charge in [-0.1, -0.05) is 86.5 Å². The average molecular weight is 484 g/mol. The molecule has 190 valence electrons. The van der Waals surface area contributed by atoms with Crippen LogP contribution in [0.25, 0.3) is 0 Å². The predicted molar refractivity (Wildman–Crippen MR) is 148 cm³/mol. The number of nitrogens with zero attached hydrogens (tertiary/aromatic N) is 2. The Kier molecular flexibility index (Phi) is 10.1. The molecular formula is C32H41N3O. The van der Waals surface area contributed by atoms with Gasteiger partial charge in [-0.3, -0.25) is 14.7 Å². The number of unbranched alkanes of at least 4 members (excludes halogenated alkanes) is 1.